The van der Waals surface area contributed by atoms with Crippen LogP contribution >= 0.6 is 0 Å². The standard InChI is InChI=1S/C8H10N2.C2HF3O2/c1-3-7-5-4-6-10-8(7)9-2;3-2(4,5)1(6)7/h3-6H,1H2,2H3,(H,9,10);(H,6,7). The lowest BCUT2D eigenvalue weighted by Gasteiger charge is -2.00. The van der Waals surface area contributed by atoms with Crippen molar-refractivity contribution in [2.75, 3.05) is 12.4 Å². The Morgan fingerprint density at radius 1 is 1.59 bits per heavy atom. The second kappa shape index (κ2) is 6.51. The summed E-state index contributed by atoms with van der Waals surface area (Å²) in [5.41, 5.74) is 1.03. The third kappa shape index (κ3) is 5.55. The summed E-state index contributed by atoms with van der Waals surface area (Å²) in [4.78, 5) is 13.0. The molecule has 0 saturated heterocycles. The smallest absolute Gasteiger partial charge is 0.475 e. The van der Waals surface area contributed by atoms with Crippen LogP contribution < -0.4 is 5.32 Å². The lowest BCUT2D eigenvalue weighted by molar-refractivity contribution is -0.192. The van der Waals surface area contributed by atoms with E-state index in [0.717, 1.165) is 11.4 Å². The van der Waals surface area contributed by atoms with Gasteiger partial charge in [-0.05, 0) is 12.1 Å². The van der Waals surface area contributed by atoms with Crippen molar-refractivity contribution in [1.82, 2.24) is 4.98 Å². The Bertz CT molecular complexity index is 391. The zero-order valence-corrected chi connectivity index (χ0v) is 8.95. The Balaban J connectivity index is 0.000000325. The van der Waals surface area contributed by atoms with E-state index in [2.05, 4.69) is 16.9 Å². The van der Waals surface area contributed by atoms with Crippen molar-refractivity contribution >= 4 is 17.9 Å². The maximum atomic E-state index is 10.6. The van der Waals surface area contributed by atoms with Gasteiger partial charge in [0.05, 0.1) is 0 Å². The molecule has 17 heavy (non-hydrogen) atoms. The van der Waals surface area contributed by atoms with E-state index in [1.165, 1.54) is 0 Å². The molecule has 0 spiro atoms. The number of pyridine rings is 1. The molecule has 0 radical (unpaired) electrons. The molecule has 0 unspecified atom stereocenters. The van der Waals surface area contributed by atoms with Gasteiger partial charge in [-0.15, -0.1) is 0 Å². The number of rotatable bonds is 2. The Morgan fingerprint density at radius 3 is 2.41 bits per heavy atom. The summed E-state index contributed by atoms with van der Waals surface area (Å²) in [6.45, 7) is 3.66. The summed E-state index contributed by atoms with van der Waals surface area (Å²) in [5, 5.41) is 10.1. The summed E-state index contributed by atoms with van der Waals surface area (Å²) in [6.07, 6.45) is -1.56. The van der Waals surface area contributed by atoms with Gasteiger partial charge in [-0.3, -0.25) is 0 Å². The summed E-state index contributed by atoms with van der Waals surface area (Å²) in [6, 6.07) is 3.85. The van der Waals surface area contributed by atoms with Gasteiger partial charge in [-0.25, -0.2) is 9.78 Å². The predicted octanol–water partition coefficient (Wildman–Crippen LogP) is 2.40. The quantitative estimate of drug-likeness (QED) is 0.843. The van der Waals surface area contributed by atoms with Gasteiger partial charge in [0, 0.05) is 18.8 Å². The second-order valence-electron chi connectivity index (χ2n) is 2.70. The van der Waals surface area contributed by atoms with Gasteiger partial charge in [0.15, 0.2) is 0 Å². The molecule has 1 heterocycles. The third-order valence-corrected chi connectivity index (χ3v) is 1.54. The Morgan fingerprint density at radius 2 is 2.12 bits per heavy atom. The molecule has 1 rings (SSSR count). The first-order chi connectivity index (χ1) is 7.82. The van der Waals surface area contributed by atoms with Gasteiger partial charge in [-0.2, -0.15) is 13.2 Å². The van der Waals surface area contributed by atoms with Gasteiger partial charge < -0.3 is 10.4 Å². The molecule has 0 fully saturated rings. The molecular weight excluding hydrogens is 237 g/mol. The zero-order chi connectivity index (χ0) is 13.5. The number of nitrogens with zero attached hydrogens (tertiary/aromatic N) is 1. The van der Waals surface area contributed by atoms with Crippen LogP contribution in [0.25, 0.3) is 6.08 Å². The van der Waals surface area contributed by atoms with E-state index in [0.29, 0.717) is 0 Å². The van der Waals surface area contributed by atoms with E-state index in [-0.39, 0.29) is 0 Å². The number of alkyl halides is 3. The first kappa shape index (κ1) is 14.9. The highest BCUT2D eigenvalue weighted by Crippen LogP contribution is 2.13. The molecule has 0 aliphatic heterocycles. The molecule has 0 atom stereocenters. The number of carboxylic acids is 1. The van der Waals surface area contributed by atoms with Gasteiger partial charge in [0.25, 0.3) is 0 Å². The molecule has 0 aliphatic rings. The minimum Gasteiger partial charge on any atom is -0.475 e. The largest absolute Gasteiger partial charge is 0.490 e. The number of nitrogens with one attached hydrogen (secondary N) is 1. The SMILES string of the molecule is C=Cc1cccnc1NC.O=C(O)C(F)(F)F. The number of hydrogen-bond acceptors (Lipinski definition) is 3. The van der Waals surface area contributed by atoms with Crippen molar-refractivity contribution in [3.8, 4) is 0 Å². The van der Waals surface area contributed by atoms with Gasteiger partial charge in [0.2, 0.25) is 0 Å². The molecule has 0 aromatic carbocycles. The number of carbonyl (C=O) groups is 1. The molecular formula is C10H11F3N2O2. The Labute approximate surface area is 95.8 Å². The fourth-order valence-corrected chi connectivity index (χ4v) is 0.791. The summed E-state index contributed by atoms with van der Waals surface area (Å²) < 4.78 is 31.7. The first-order valence-corrected chi connectivity index (χ1v) is 4.38. The molecule has 4 nitrogen and oxygen atoms in total. The second-order valence-corrected chi connectivity index (χ2v) is 2.70. The highest BCUT2D eigenvalue weighted by atomic mass is 19.4. The van der Waals surface area contributed by atoms with E-state index < -0.39 is 12.1 Å². The van der Waals surface area contributed by atoms with Gasteiger partial charge >= 0.3 is 12.1 Å². The van der Waals surface area contributed by atoms with Crippen molar-refractivity contribution in [3.05, 3.63) is 30.5 Å². The van der Waals surface area contributed by atoms with E-state index in [9.17, 15) is 13.2 Å². The minimum absolute atomic E-state index is 0.873. The number of hydrogen-bond donors (Lipinski definition) is 2. The van der Waals surface area contributed by atoms with Crippen molar-refractivity contribution in [2.45, 2.75) is 6.18 Å². The average molecular weight is 248 g/mol. The predicted molar refractivity (Wildman–Crippen MR) is 57.6 cm³/mol. The lowest BCUT2D eigenvalue weighted by Crippen LogP contribution is -2.21. The number of halogens is 3. The van der Waals surface area contributed by atoms with Crippen LogP contribution in [-0.2, 0) is 4.79 Å². The Kier molecular flexibility index (Phi) is 5.73. The van der Waals surface area contributed by atoms with Crippen LogP contribution in [0.3, 0.4) is 0 Å². The first-order valence-electron chi connectivity index (χ1n) is 4.38. The highest BCUT2D eigenvalue weighted by molar-refractivity contribution is 5.73. The molecule has 0 aliphatic carbocycles. The molecule has 1 aromatic rings. The van der Waals surface area contributed by atoms with E-state index in [4.69, 9.17) is 9.90 Å². The number of aliphatic carboxylic acids is 1. The zero-order valence-electron chi connectivity index (χ0n) is 8.95. The molecule has 0 saturated carbocycles. The van der Waals surface area contributed by atoms with Crippen molar-refractivity contribution < 1.29 is 23.1 Å². The van der Waals surface area contributed by atoms with Crippen LogP contribution in [0, 0.1) is 0 Å². The van der Waals surface area contributed by atoms with Crippen LogP contribution in [0.1, 0.15) is 5.56 Å². The normalized spacial score (nSPS) is 9.88. The topological polar surface area (TPSA) is 62.2 Å². The maximum absolute atomic E-state index is 10.6. The van der Waals surface area contributed by atoms with Crippen LogP contribution in [0.5, 0.6) is 0 Å². The number of aromatic nitrogens is 1. The minimum atomic E-state index is -5.08. The number of carboxylic acid groups (broad SMARTS) is 1. The number of anilines is 1. The lowest BCUT2D eigenvalue weighted by atomic mass is 10.2. The van der Waals surface area contributed by atoms with E-state index in [1.54, 1.807) is 12.3 Å². The van der Waals surface area contributed by atoms with Gasteiger partial charge in [-0.1, -0.05) is 12.7 Å². The molecule has 0 amide bonds. The Hall–Kier alpha value is -2.05. The van der Waals surface area contributed by atoms with Crippen LogP contribution in [0.15, 0.2) is 24.9 Å². The average Bonchev–Trinajstić information content (AvgIpc) is 2.28. The van der Waals surface area contributed by atoms with Crippen LogP contribution in [0.2, 0.25) is 0 Å². The third-order valence-electron chi connectivity index (χ3n) is 1.54. The van der Waals surface area contributed by atoms with Crippen LogP contribution in [-0.4, -0.2) is 29.3 Å². The fraction of sp³-hybridized carbons (Fsp3) is 0.200. The fourth-order valence-electron chi connectivity index (χ4n) is 0.791. The maximum Gasteiger partial charge on any atom is 0.490 e. The summed E-state index contributed by atoms with van der Waals surface area (Å²) in [7, 11) is 1.84. The summed E-state index contributed by atoms with van der Waals surface area (Å²) >= 11 is 0. The monoisotopic (exact) mass is 248 g/mol. The van der Waals surface area contributed by atoms with Crippen molar-refractivity contribution in [2.24, 2.45) is 0 Å². The molecule has 94 valence electrons. The molecule has 1 aromatic heterocycles. The van der Waals surface area contributed by atoms with E-state index >= 15 is 0 Å². The van der Waals surface area contributed by atoms with Crippen molar-refractivity contribution in [3.63, 3.8) is 0 Å². The van der Waals surface area contributed by atoms with Crippen LogP contribution in [0.4, 0.5) is 19.0 Å². The highest BCUT2D eigenvalue weighted by Gasteiger charge is 2.38. The molecule has 7 heteroatoms. The molecule has 2 N–H and O–H groups in total. The van der Waals surface area contributed by atoms with Crippen molar-refractivity contribution in [1.29, 1.82) is 0 Å². The molecule has 0 bridgehead atoms. The summed E-state index contributed by atoms with van der Waals surface area (Å²) in [5.74, 6) is -1.88. The van der Waals surface area contributed by atoms with Gasteiger partial charge in [0.1, 0.15) is 5.82 Å². The van der Waals surface area contributed by atoms with E-state index in [1.807, 2.05) is 19.2 Å².